The highest BCUT2D eigenvalue weighted by Gasteiger charge is 2.24. The van der Waals surface area contributed by atoms with Crippen molar-refractivity contribution in [3.05, 3.63) is 47.5 Å². The van der Waals surface area contributed by atoms with Gasteiger partial charge >= 0.3 is 6.16 Å². The number of hydrogen-bond donors (Lipinski definition) is 3. The first-order chi connectivity index (χ1) is 12.4. The standard InChI is InChI=1S/C18H20N2O6S/c1-18(2,3)14-9-16(26-17(22)23)15(8-11(14)10-21)20-27(24,25)13-6-4-12(19)5-7-13/h4-10,20H,19H2,1-3H3,(H,22,23). The molecule has 0 atom stereocenters. The number of carbonyl (C=O) groups excluding carboxylic acids is 1. The molecule has 0 saturated carbocycles. The quantitative estimate of drug-likeness (QED) is 0.307. The highest BCUT2D eigenvalue weighted by Crippen LogP contribution is 2.35. The predicted octanol–water partition coefficient (Wildman–Crippen LogP) is 3.24. The lowest BCUT2D eigenvalue weighted by Crippen LogP contribution is -2.18. The van der Waals surface area contributed by atoms with Crippen molar-refractivity contribution < 1.29 is 27.9 Å². The lowest BCUT2D eigenvalue weighted by atomic mass is 9.83. The summed E-state index contributed by atoms with van der Waals surface area (Å²) in [5.41, 5.74) is 6.02. The van der Waals surface area contributed by atoms with Crippen molar-refractivity contribution >= 4 is 33.8 Å². The van der Waals surface area contributed by atoms with Gasteiger partial charge in [-0.3, -0.25) is 9.52 Å². The molecule has 4 N–H and O–H groups in total. The molecule has 0 saturated heterocycles. The van der Waals surface area contributed by atoms with Crippen molar-refractivity contribution in [2.24, 2.45) is 0 Å². The molecule has 144 valence electrons. The molecule has 2 aromatic carbocycles. The van der Waals surface area contributed by atoms with Crippen LogP contribution in [-0.4, -0.2) is 26.0 Å². The molecular formula is C18H20N2O6S. The maximum absolute atomic E-state index is 12.6. The molecule has 0 heterocycles. The van der Waals surface area contributed by atoms with E-state index >= 15 is 0 Å². The Labute approximate surface area is 157 Å². The molecular weight excluding hydrogens is 372 g/mol. The summed E-state index contributed by atoms with van der Waals surface area (Å²) in [5.74, 6) is -0.225. The Hall–Kier alpha value is -3.07. The van der Waals surface area contributed by atoms with E-state index in [1.54, 1.807) is 0 Å². The molecule has 27 heavy (non-hydrogen) atoms. The third-order valence-electron chi connectivity index (χ3n) is 3.72. The highest BCUT2D eigenvalue weighted by molar-refractivity contribution is 7.92. The summed E-state index contributed by atoms with van der Waals surface area (Å²) >= 11 is 0. The Kier molecular flexibility index (Phi) is 5.46. The average Bonchev–Trinajstić information content (AvgIpc) is 2.54. The molecule has 9 heteroatoms. The van der Waals surface area contributed by atoms with Crippen molar-refractivity contribution in [1.29, 1.82) is 0 Å². The lowest BCUT2D eigenvalue weighted by Gasteiger charge is -2.23. The Bertz CT molecular complexity index is 976. The number of nitrogens with two attached hydrogens (primary N) is 1. The van der Waals surface area contributed by atoms with E-state index < -0.39 is 21.6 Å². The van der Waals surface area contributed by atoms with E-state index in [1.807, 2.05) is 20.8 Å². The van der Waals surface area contributed by atoms with Gasteiger partial charge in [-0.25, -0.2) is 13.2 Å². The molecule has 0 aliphatic carbocycles. The molecule has 2 rings (SSSR count). The fourth-order valence-corrected chi connectivity index (χ4v) is 3.51. The number of aldehydes is 1. The third-order valence-corrected chi connectivity index (χ3v) is 5.10. The fraction of sp³-hybridized carbons (Fsp3) is 0.222. The van der Waals surface area contributed by atoms with E-state index in [-0.39, 0.29) is 21.9 Å². The summed E-state index contributed by atoms with van der Waals surface area (Å²) < 4.78 is 32.2. The number of sulfonamides is 1. The second-order valence-corrected chi connectivity index (χ2v) is 8.53. The lowest BCUT2D eigenvalue weighted by molar-refractivity contribution is 0.112. The van der Waals surface area contributed by atoms with Gasteiger partial charge in [-0.1, -0.05) is 20.8 Å². The van der Waals surface area contributed by atoms with E-state index in [2.05, 4.69) is 4.72 Å². The van der Waals surface area contributed by atoms with Crippen molar-refractivity contribution in [1.82, 2.24) is 0 Å². The molecule has 0 aliphatic rings. The number of carbonyl (C=O) groups is 2. The van der Waals surface area contributed by atoms with Crippen LogP contribution in [0.1, 0.15) is 36.7 Å². The van der Waals surface area contributed by atoms with Crippen LogP contribution >= 0.6 is 0 Å². The zero-order chi connectivity index (χ0) is 20.4. The van der Waals surface area contributed by atoms with E-state index in [4.69, 9.17) is 15.6 Å². The predicted molar refractivity (Wildman–Crippen MR) is 101 cm³/mol. The Morgan fingerprint density at radius 2 is 1.78 bits per heavy atom. The number of rotatable bonds is 5. The average molecular weight is 392 g/mol. The second kappa shape index (κ2) is 7.28. The molecule has 2 aromatic rings. The van der Waals surface area contributed by atoms with Crippen LogP contribution in [0.5, 0.6) is 5.75 Å². The highest BCUT2D eigenvalue weighted by atomic mass is 32.2. The summed E-state index contributed by atoms with van der Waals surface area (Å²) in [6, 6.07) is 8.05. The van der Waals surface area contributed by atoms with Crippen LogP contribution in [0.25, 0.3) is 0 Å². The minimum Gasteiger partial charge on any atom is -0.449 e. The normalized spacial score (nSPS) is 11.7. The topological polar surface area (TPSA) is 136 Å². The largest absolute Gasteiger partial charge is 0.511 e. The molecule has 0 bridgehead atoms. The molecule has 0 spiro atoms. The fourth-order valence-electron chi connectivity index (χ4n) is 2.45. The number of carboxylic acid groups (broad SMARTS) is 1. The number of nitrogens with one attached hydrogen (secondary N) is 1. The minimum absolute atomic E-state index is 0.0782. The summed E-state index contributed by atoms with van der Waals surface area (Å²) in [7, 11) is -4.06. The van der Waals surface area contributed by atoms with E-state index in [1.165, 1.54) is 36.4 Å². The van der Waals surface area contributed by atoms with Gasteiger partial charge in [0.1, 0.15) is 6.29 Å². The van der Waals surface area contributed by atoms with Crippen LogP contribution in [0.4, 0.5) is 16.2 Å². The maximum atomic E-state index is 12.6. The first-order valence-electron chi connectivity index (χ1n) is 7.87. The van der Waals surface area contributed by atoms with E-state index in [0.29, 0.717) is 17.5 Å². The number of hydrogen-bond acceptors (Lipinski definition) is 6. The first kappa shape index (κ1) is 20.2. The Morgan fingerprint density at radius 3 is 2.26 bits per heavy atom. The SMILES string of the molecule is CC(C)(C)c1cc(OC(=O)O)c(NS(=O)(=O)c2ccc(N)cc2)cc1C=O. The van der Waals surface area contributed by atoms with Gasteiger partial charge in [0.05, 0.1) is 10.6 Å². The molecule has 0 aliphatic heterocycles. The van der Waals surface area contributed by atoms with Crippen LogP contribution in [0.3, 0.4) is 0 Å². The van der Waals surface area contributed by atoms with Crippen LogP contribution < -0.4 is 15.2 Å². The number of anilines is 2. The van der Waals surface area contributed by atoms with Crippen LogP contribution in [0.2, 0.25) is 0 Å². The summed E-state index contributed by atoms with van der Waals surface area (Å²) in [5, 5.41) is 8.97. The monoisotopic (exact) mass is 392 g/mol. The van der Waals surface area contributed by atoms with Crippen LogP contribution in [-0.2, 0) is 15.4 Å². The maximum Gasteiger partial charge on any atom is 0.511 e. The van der Waals surface area contributed by atoms with Gasteiger partial charge in [0.2, 0.25) is 0 Å². The number of ether oxygens (including phenoxy) is 1. The van der Waals surface area contributed by atoms with E-state index in [9.17, 15) is 18.0 Å². The molecule has 0 fully saturated rings. The van der Waals surface area contributed by atoms with Crippen molar-refractivity contribution in [3.63, 3.8) is 0 Å². The molecule has 0 aromatic heterocycles. The second-order valence-electron chi connectivity index (χ2n) is 6.85. The summed E-state index contributed by atoms with van der Waals surface area (Å²) in [6.07, 6.45) is -1.03. The number of nitrogen functional groups attached to an aromatic ring is 1. The smallest absolute Gasteiger partial charge is 0.449 e. The third kappa shape index (κ3) is 4.76. The van der Waals surface area contributed by atoms with Gasteiger partial charge < -0.3 is 15.6 Å². The van der Waals surface area contributed by atoms with Crippen LogP contribution in [0.15, 0.2) is 41.3 Å². The molecule has 0 unspecified atom stereocenters. The molecule has 8 nitrogen and oxygen atoms in total. The van der Waals surface area contributed by atoms with Gasteiger partial charge in [-0.15, -0.1) is 0 Å². The number of benzene rings is 2. The van der Waals surface area contributed by atoms with Crippen molar-refractivity contribution in [2.75, 3.05) is 10.5 Å². The Morgan fingerprint density at radius 1 is 1.19 bits per heavy atom. The molecule has 0 amide bonds. The first-order valence-corrected chi connectivity index (χ1v) is 9.35. The summed E-state index contributed by atoms with van der Waals surface area (Å²) in [4.78, 5) is 22.4. The van der Waals surface area contributed by atoms with Gasteiger partial charge in [-0.05, 0) is 47.4 Å². The van der Waals surface area contributed by atoms with Gasteiger partial charge in [0.25, 0.3) is 10.0 Å². The van der Waals surface area contributed by atoms with Crippen molar-refractivity contribution in [2.45, 2.75) is 31.1 Å². The van der Waals surface area contributed by atoms with Gasteiger partial charge in [-0.2, -0.15) is 0 Å². The van der Waals surface area contributed by atoms with E-state index in [0.717, 1.165) is 0 Å². The summed E-state index contributed by atoms with van der Waals surface area (Å²) in [6.45, 7) is 5.49. The Balaban J connectivity index is 2.58. The zero-order valence-electron chi connectivity index (χ0n) is 15.0. The minimum atomic E-state index is -4.06. The van der Waals surface area contributed by atoms with Crippen LogP contribution in [0, 0.1) is 0 Å². The molecule has 0 radical (unpaired) electrons. The van der Waals surface area contributed by atoms with Gasteiger partial charge in [0, 0.05) is 11.3 Å². The van der Waals surface area contributed by atoms with Crippen molar-refractivity contribution in [3.8, 4) is 5.75 Å². The zero-order valence-corrected chi connectivity index (χ0v) is 15.8. The van der Waals surface area contributed by atoms with Gasteiger partial charge in [0.15, 0.2) is 5.75 Å².